The van der Waals surface area contributed by atoms with Gasteiger partial charge >= 0.3 is 41.8 Å². The van der Waals surface area contributed by atoms with Crippen LogP contribution in [-0.2, 0) is 47.4 Å². The molecule has 0 bridgehead atoms. The van der Waals surface area contributed by atoms with E-state index in [0.717, 1.165) is 0 Å². The summed E-state index contributed by atoms with van der Waals surface area (Å²) in [5, 5.41) is 12.0. The smallest absolute Gasteiger partial charge is 0.338 e. The lowest BCUT2D eigenvalue weighted by Gasteiger charge is -2.48. The molecule has 0 aromatic heterocycles. The van der Waals surface area contributed by atoms with Crippen molar-refractivity contribution in [3.8, 4) is 0 Å². The van der Waals surface area contributed by atoms with E-state index < -0.39 is 116 Å². The first-order valence-electron chi connectivity index (χ1n) is 24.9. The van der Waals surface area contributed by atoms with Crippen molar-refractivity contribution in [2.75, 3.05) is 13.2 Å². The summed E-state index contributed by atoms with van der Waals surface area (Å²) < 4.78 is 61.9. The maximum Gasteiger partial charge on any atom is 0.338 e. The summed E-state index contributed by atoms with van der Waals surface area (Å²) >= 11 is 0. The summed E-state index contributed by atoms with van der Waals surface area (Å²) in [5.41, 5.74) is 0.295. The molecule has 0 unspecified atom stereocenters. The monoisotopic (exact) mass is 1070 g/mol. The van der Waals surface area contributed by atoms with Gasteiger partial charge in [-0.25, -0.2) is 33.6 Å². The Morgan fingerprint density at radius 3 is 0.886 bits per heavy atom. The fraction of sp³-hybridized carbons (Fsp3) is 0.197. The Kier molecular flexibility index (Phi) is 18.0. The van der Waals surface area contributed by atoms with Crippen LogP contribution in [0.25, 0.3) is 0 Å². The average molecular weight is 1070 g/mol. The van der Waals surface area contributed by atoms with Gasteiger partial charge in [0.1, 0.15) is 31.5 Å². The first kappa shape index (κ1) is 54.5. The first-order valence-corrected chi connectivity index (χ1v) is 24.9. The minimum Gasteiger partial charge on any atom is -0.459 e. The Morgan fingerprint density at radius 1 is 0.304 bits per heavy atom. The normalized spacial score (nSPS) is 22.4. The van der Waals surface area contributed by atoms with Gasteiger partial charge in [-0.3, -0.25) is 0 Å². The van der Waals surface area contributed by atoms with Gasteiger partial charge in [0.05, 0.1) is 38.9 Å². The highest BCUT2D eigenvalue weighted by Gasteiger charge is 2.58. The summed E-state index contributed by atoms with van der Waals surface area (Å²) in [6, 6.07) is 54.1. The second kappa shape index (κ2) is 26.1. The van der Waals surface area contributed by atoms with Crippen LogP contribution in [0.2, 0.25) is 0 Å². The summed E-state index contributed by atoms with van der Waals surface area (Å²) in [7, 11) is 0. The molecule has 10 atom stereocenters. The molecule has 0 aliphatic carbocycles. The molecule has 0 saturated carbocycles. The first-order chi connectivity index (χ1) is 38.5. The highest BCUT2D eigenvalue weighted by molar-refractivity contribution is 5.93. The highest BCUT2D eigenvalue weighted by atomic mass is 16.8. The number of aliphatic hydroxyl groups excluding tert-OH is 1. The number of hydrogen-bond acceptors (Lipinski definition) is 18. The number of esters is 7. The molecule has 9 rings (SSSR count). The van der Waals surface area contributed by atoms with Gasteiger partial charge in [-0.05, 0) is 84.9 Å². The van der Waals surface area contributed by atoms with E-state index in [9.17, 15) is 38.7 Å². The van der Waals surface area contributed by atoms with Gasteiger partial charge in [-0.15, -0.1) is 0 Å². The second-order valence-electron chi connectivity index (χ2n) is 17.8. The Labute approximate surface area is 452 Å². The molecule has 18 nitrogen and oxygen atoms in total. The molecule has 2 aliphatic rings. The van der Waals surface area contributed by atoms with Crippen molar-refractivity contribution in [2.24, 2.45) is 0 Å². The second-order valence-corrected chi connectivity index (χ2v) is 17.8. The number of aliphatic hydroxyl groups is 1. The summed E-state index contributed by atoms with van der Waals surface area (Å²) in [6.45, 7) is -1.48. The third-order valence-electron chi connectivity index (χ3n) is 12.5. The van der Waals surface area contributed by atoms with Gasteiger partial charge in [0, 0.05) is 0 Å². The van der Waals surface area contributed by atoms with E-state index in [1.54, 1.807) is 127 Å². The van der Waals surface area contributed by atoms with E-state index in [-0.39, 0.29) is 38.9 Å². The van der Waals surface area contributed by atoms with Crippen molar-refractivity contribution in [2.45, 2.75) is 61.4 Å². The molecule has 2 heterocycles. The Bertz CT molecular complexity index is 3170. The van der Waals surface area contributed by atoms with Crippen LogP contribution in [0.5, 0.6) is 0 Å². The van der Waals surface area contributed by atoms with E-state index in [4.69, 9.17) is 47.4 Å². The molecule has 7 aromatic carbocycles. The van der Waals surface area contributed by atoms with E-state index >= 15 is 0 Å². The fourth-order valence-corrected chi connectivity index (χ4v) is 8.59. The molecule has 2 aliphatic heterocycles. The van der Waals surface area contributed by atoms with Crippen LogP contribution >= 0.6 is 0 Å². The van der Waals surface area contributed by atoms with E-state index in [1.165, 1.54) is 84.9 Å². The van der Waals surface area contributed by atoms with Crippen LogP contribution in [0.15, 0.2) is 212 Å². The van der Waals surface area contributed by atoms with Gasteiger partial charge in [-0.1, -0.05) is 127 Å². The van der Waals surface area contributed by atoms with Crippen molar-refractivity contribution in [1.29, 1.82) is 0 Å². The lowest BCUT2D eigenvalue weighted by molar-refractivity contribution is -0.352. The van der Waals surface area contributed by atoms with Gasteiger partial charge < -0.3 is 52.5 Å². The zero-order valence-corrected chi connectivity index (χ0v) is 41.8. The lowest BCUT2D eigenvalue weighted by atomic mass is 9.95. The molecule has 18 heteroatoms. The Morgan fingerprint density at radius 2 is 0.557 bits per heavy atom. The lowest BCUT2D eigenvalue weighted by Crippen LogP contribution is -2.67. The van der Waals surface area contributed by atoms with Crippen LogP contribution < -0.4 is 0 Å². The van der Waals surface area contributed by atoms with Crippen molar-refractivity contribution in [3.63, 3.8) is 0 Å². The zero-order valence-electron chi connectivity index (χ0n) is 41.8. The summed E-state index contributed by atoms with van der Waals surface area (Å²) in [6.07, 6.45) is -19.1. The van der Waals surface area contributed by atoms with Crippen molar-refractivity contribution >= 4 is 41.8 Å². The zero-order chi connectivity index (χ0) is 55.1. The van der Waals surface area contributed by atoms with Crippen LogP contribution in [0.3, 0.4) is 0 Å². The fourth-order valence-electron chi connectivity index (χ4n) is 8.59. The van der Waals surface area contributed by atoms with Gasteiger partial charge in [0.25, 0.3) is 0 Å². The molecule has 402 valence electrons. The average Bonchev–Trinajstić information content (AvgIpc) is 3.50. The SMILES string of the molecule is O=C(OC[C@H]1O[C@@H](O)[C@H](OC(=O)c2ccccc2)[C@@H](O[C@@H]2O[C@H](COC(=O)c3ccccc3)[C@H](OC(=O)c3ccccc3)[C@H](OC(=O)c3ccccc3)[C@H]2OC(=O)c2ccccc2)[C@H]1OC(=O)c1ccccc1)c1ccccc1. The van der Waals surface area contributed by atoms with Crippen LogP contribution in [0.1, 0.15) is 72.5 Å². The maximum atomic E-state index is 14.5. The number of carbonyl (C=O) groups excluding carboxylic acids is 7. The maximum absolute atomic E-state index is 14.5. The topological polar surface area (TPSA) is 232 Å². The van der Waals surface area contributed by atoms with Crippen LogP contribution in [-0.4, -0.2) is 122 Å². The third-order valence-corrected chi connectivity index (χ3v) is 12.5. The third kappa shape index (κ3) is 13.8. The summed E-state index contributed by atoms with van der Waals surface area (Å²) in [5.74, 6) is -6.72. The molecular weight excluding hydrogens is 1020 g/mol. The number of hydrogen-bond donors (Lipinski definition) is 1. The van der Waals surface area contributed by atoms with E-state index in [1.807, 2.05) is 0 Å². The number of rotatable bonds is 18. The minimum atomic E-state index is -2.16. The molecular formula is C61H50O18. The van der Waals surface area contributed by atoms with Crippen LogP contribution in [0.4, 0.5) is 0 Å². The molecule has 79 heavy (non-hydrogen) atoms. The van der Waals surface area contributed by atoms with E-state index in [2.05, 4.69) is 0 Å². The van der Waals surface area contributed by atoms with Crippen molar-refractivity contribution in [1.82, 2.24) is 0 Å². The largest absolute Gasteiger partial charge is 0.459 e. The quantitative estimate of drug-likeness (QED) is 0.0642. The van der Waals surface area contributed by atoms with Crippen molar-refractivity contribution in [3.05, 3.63) is 251 Å². The minimum absolute atomic E-state index is 0.000933. The highest BCUT2D eigenvalue weighted by Crippen LogP contribution is 2.37. The molecule has 0 amide bonds. The molecule has 2 fully saturated rings. The predicted molar refractivity (Wildman–Crippen MR) is 276 cm³/mol. The molecule has 2 saturated heterocycles. The standard InChI is InChI=1S/C61H50O18/c62-53(38-22-8-1-9-23-38)70-36-45-47(74-55(64)40-26-12-3-13-27-40)49(51(60(69)72-45)77-58(67)43-32-18-6-19-33-43)79-61-52(78-59(68)44-34-20-7-21-35-44)50(76-57(66)42-30-16-5-17-31-42)48(75-56(65)41-28-14-4-15-29-41)46(73-61)37-71-54(63)39-24-10-2-11-25-39/h1-35,45-52,60-61,69H,36-37H2/t45-,46-,47+,48+,49+,50+,51-,52-,60-,61+/m1/s1. The number of ether oxygens (including phenoxy) is 10. The molecule has 0 spiro atoms. The Hall–Kier alpha value is -9.33. The number of benzene rings is 7. The molecule has 0 radical (unpaired) electrons. The predicted octanol–water partition coefficient (Wildman–Crippen LogP) is 7.66. The molecule has 7 aromatic rings. The van der Waals surface area contributed by atoms with Gasteiger partial charge in [0.15, 0.2) is 43.1 Å². The van der Waals surface area contributed by atoms with Crippen molar-refractivity contribution < 1.29 is 86.0 Å². The van der Waals surface area contributed by atoms with Crippen LogP contribution in [0, 0.1) is 0 Å². The Balaban J connectivity index is 1.18. The van der Waals surface area contributed by atoms with Gasteiger partial charge in [0.2, 0.25) is 0 Å². The van der Waals surface area contributed by atoms with Gasteiger partial charge in [-0.2, -0.15) is 0 Å². The summed E-state index contributed by atoms with van der Waals surface area (Å²) in [4.78, 5) is 98.6. The number of carbonyl (C=O) groups is 7. The molecule has 1 N–H and O–H groups in total. The van der Waals surface area contributed by atoms with E-state index in [0.29, 0.717) is 0 Å².